The number of nitrogens with one attached hydrogen (secondary N) is 3. The molecule has 1 aromatic heterocycles. The second kappa shape index (κ2) is 7.79. The van der Waals surface area contributed by atoms with Crippen molar-refractivity contribution < 1.29 is 14.4 Å². The molecule has 118 valence electrons. The number of ketones is 2. The number of urea groups is 1. The van der Waals surface area contributed by atoms with E-state index >= 15 is 0 Å². The molecule has 1 aromatic rings. The maximum absolute atomic E-state index is 12.1. The second-order valence-electron chi connectivity index (χ2n) is 4.78. The Morgan fingerprint density at radius 2 is 2.14 bits per heavy atom. The summed E-state index contributed by atoms with van der Waals surface area (Å²) in [5, 5.41) is 11.5. The van der Waals surface area contributed by atoms with Gasteiger partial charge in [-0.2, -0.15) is 5.10 Å². The van der Waals surface area contributed by atoms with Gasteiger partial charge in [0.2, 0.25) is 11.6 Å². The van der Waals surface area contributed by atoms with Crippen molar-refractivity contribution in [3.8, 4) is 0 Å². The van der Waals surface area contributed by atoms with Gasteiger partial charge in [0.05, 0.1) is 16.7 Å². The zero-order chi connectivity index (χ0) is 15.9. The van der Waals surface area contributed by atoms with Crippen LogP contribution in [-0.4, -0.2) is 47.1 Å². The van der Waals surface area contributed by atoms with Gasteiger partial charge >= 0.3 is 6.03 Å². The number of aromatic nitrogens is 2. The van der Waals surface area contributed by atoms with E-state index in [1.165, 1.54) is 24.0 Å². The van der Waals surface area contributed by atoms with Crippen LogP contribution in [0.5, 0.6) is 0 Å². The van der Waals surface area contributed by atoms with Crippen molar-refractivity contribution in [1.82, 2.24) is 20.8 Å². The molecule has 0 aliphatic heterocycles. The molecular formula is C14H18N4O3S. The van der Waals surface area contributed by atoms with Crippen LogP contribution in [0, 0.1) is 0 Å². The summed E-state index contributed by atoms with van der Waals surface area (Å²) >= 11 is 1.39. The average molecular weight is 322 g/mol. The van der Waals surface area contributed by atoms with Gasteiger partial charge in [0.1, 0.15) is 5.69 Å². The highest BCUT2D eigenvalue weighted by molar-refractivity contribution is 8.04. The predicted octanol–water partition coefficient (Wildman–Crippen LogP) is 1.51. The first-order valence-corrected chi connectivity index (χ1v) is 8.04. The standard InChI is InChI=1S/C14H18N4O3S/c1-15-14(21)16-5-3-2-4-6-22-11-7-10(19)12-9(13(11)20)8-17-18-12/h7-8H,2-6H2,1H3,(H,17,18)(H2,15,16,21). The van der Waals surface area contributed by atoms with E-state index in [0.717, 1.165) is 25.0 Å². The summed E-state index contributed by atoms with van der Waals surface area (Å²) in [6.45, 7) is 0.628. The van der Waals surface area contributed by atoms with E-state index in [-0.39, 0.29) is 23.3 Å². The lowest BCUT2D eigenvalue weighted by molar-refractivity contribution is 0.0989. The normalized spacial score (nSPS) is 13.6. The number of aromatic amines is 1. The summed E-state index contributed by atoms with van der Waals surface area (Å²) in [5.41, 5.74) is 0.624. The molecule has 0 saturated heterocycles. The summed E-state index contributed by atoms with van der Waals surface area (Å²) in [7, 11) is 1.58. The summed E-state index contributed by atoms with van der Waals surface area (Å²) in [6, 6.07) is -0.179. The minimum atomic E-state index is -0.204. The molecule has 1 aliphatic carbocycles. The number of carbonyl (C=O) groups is 3. The van der Waals surface area contributed by atoms with Crippen LogP contribution in [0.2, 0.25) is 0 Å². The number of Topliss-reactive ketones (excluding diaryl/α,β-unsaturated/α-hetero) is 1. The number of H-pyrrole nitrogens is 1. The highest BCUT2D eigenvalue weighted by Crippen LogP contribution is 2.27. The van der Waals surface area contributed by atoms with E-state index in [0.29, 0.717) is 17.0 Å². The van der Waals surface area contributed by atoms with Gasteiger partial charge in [0.25, 0.3) is 0 Å². The quantitative estimate of drug-likeness (QED) is 0.660. The van der Waals surface area contributed by atoms with Gasteiger partial charge in [-0.25, -0.2) is 4.79 Å². The van der Waals surface area contributed by atoms with E-state index in [1.54, 1.807) is 7.05 Å². The molecule has 2 rings (SSSR count). The molecule has 0 radical (unpaired) electrons. The molecule has 22 heavy (non-hydrogen) atoms. The van der Waals surface area contributed by atoms with Crippen molar-refractivity contribution in [3.05, 3.63) is 28.4 Å². The number of hydrogen-bond acceptors (Lipinski definition) is 5. The Balaban J connectivity index is 1.69. The molecule has 1 aliphatic rings. The number of hydrogen-bond donors (Lipinski definition) is 3. The molecule has 3 N–H and O–H groups in total. The second-order valence-corrected chi connectivity index (χ2v) is 5.91. The van der Waals surface area contributed by atoms with Crippen molar-refractivity contribution >= 4 is 29.4 Å². The van der Waals surface area contributed by atoms with Gasteiger partial charge in [-0.1, -0.05) is 6.42 Å². The Kier molecular flexibility index (Phi) is 5.76. The lowest BCUT2D eigenvalue weighted by atomic mass is 10.0. The largest absolute Gasteiger partial charge is 0.341 e. The molecular weight excluding hydrogens is 304 g/mol. The highest BCUT2D eigenvalue weighted by Gasteiger charge is 2.27. The monoisotopic (exact) mass is 322 g/mol. The lowest BCUT2D eigenvalue weighted by Crippen LogP contribution is -2.33. The first kappa shape index (κ1) is 16.3. The molecule has 0 aromatic carbocycles. The van der Waals surface area contributed by atoms with Crippen molar-refractivity contribution in [2.75, 3.05) is 19.3 Å². The fourth-order valence-electron chi connectivity index (χ4n) is 2.02. The number of allylic oxidation sites excluding steroid dienone is 2. The third kappa shape index (κ3) is 3.97. The topological polar surface area (TPSA) is 104 Å². The van der Waals surface area contributed by atoms with Gasteiger partial charge < -0.3 is 10.6 Å². The predicted molar refractivity (Wildman–Crippen MR) is 84.1 cm³/mol. The van der Waals surface area contributed by atoms with E-state index in [4.69, 9.17) is 0 Å². The fraction of sp³-hybridized carbons (Fsp3) is 0.429. The van der Waals surface area contributed by atoms with Crippen LogP contribution in [0.15, 0.2) is 17.2 Å². The van der Waals surface area contributed by atoms with Crippen LogP contribution in [0.25, 0.3) is 0 Å². The third-order valence-corrected chi connectivity index (χ3v) is 4.31. The molecule has 0 atom stereocenters. The average Bonchev–Trinajstić information content (AvgIpc) is 3.01. The Hall–Kier alpha value is -2.09. The van der Waals surface area contributed by atoms with Gasteiger partial charge in [-0.05, 0) is 18.6 Å². The molecule has 0 fully saturated rings. The zero-order valence-electron chi connectivity index (χ0n) is 12.3. The van der Waals surface area contributed by atoms with Crippen LogP contribution < -0.4 is 10.6 Å². The van der Waals surface area contributed by atoms with Crippen LogP contribution in [0.4, 0.5) is 4.79 Å². The van der Waals surface area contributed by atoms with Crippen LogP contribution in [0.3, 0.4) is 0 Å². The molecule has 7 nitrogen and oxygen atoms in total. The Morgan fingerprint density at radius 3 is 2.91 bits per heavy atom. The highest BCUT2D eigenvalue weighted by atomic mass is 32.2. The molecule has 0 bridgehead atoms. The van der Waals surface area contributed by atoms with Crippen molar-refractivity contribution in [3.63, 3.8) is 0 Å². The summed E-state index contributed by atoms with van der Waals surface area (Å²) in [4.78, 5) is 35.4. The molecule has 0 saturated carbocycles. The van der Waals surface area contributed by atoms with Crippen LogP contribution in [-0.2, 0) is 0 Å². The van der Waals surface area contributed by atoms with Crippen LogP contribution >= 0.6 is 11.8 Å². The van der Waals surface area contributed by atoms with Gasteiger partial charge in [0, 0.05) is 19.7 Å². The first-order chi connectivity index (χ1) is 10.6. The van der Waals surface area contributed by atoms with E-state index in [1.807, 2.05) is 0 Å². The summed E-state index contributed by atoms with van der Waals surface area (Å²) in [5.74, 6) is 0.414. The lowest BCUT2D eigenvalue weighted by Gasteiger charge is -2.10. The number of fused-ring (bicyclic) bond motifs is 1. The minimum absolute atomic E-state index is 0.144. The van der Waals surface area contributed by atoms with Crippen molar-refractivity contribution in [1.29, 1.82) is 0 Å². The number of thioether (sulfide) groups is 1. The minimum Gasteiger partial charge on any atom is -0.341 e. The van der Waals surface area contributed by atoms with Gasteiger partial charge in [0.15, 0.2) is 0 Å². The van der Waals surface area contributed by atoms with E-state index in [2.05, 4.69) is 20.8 Å². The Bertz CT molecular complexity index is 609. The van der Waals surface area contributed by atoms with Crippen molar-refractivity contribution in [2.45, 2.75) is 19.3 Å². The Morgan fingerprint density at radius 1 is 1.32 bits per heavy atom. The maximum atomic E-state index is 12.1. The summed E-state index contributed by atoms with van der Waals surface area (Å²) in [6.07, 6.45) is 5.51. The third-order valence-electron chi connectivity index (χ3n) is 3.21. The van der Waals surface area contributed by atoms with E-state index in [9.17, 15) is 14.4 Å². The molecule has 0 spiro atoms. The van der Waals surface area contributed by atoms with Gasteiger partial charge in [-0.15, -0.1) is 11.8 Å². The number of rotatable bonds is 7. The van der Waals surface area contributed by atoms with E-state index < -0.39 is 0 Å². The molecule has 0 unspecified atom stereocenters. The molecule has 1 heterocycles. The first-order valence-electron chi connectivity index (χ1n) is 7.06. The Labute approximate surface area is 132 Å². The number of unbranched alkanes of at least 4 members (excludes halogenated alkanes) is 2. The van der Waals surface area contributed by atoms with Crippen LogP contribution in [0.1, 0.15) is 40.1 Å². The van der Waals surface area contributed by atoms with Crippen molar-refractivity contribution in [2.24, 2.45) is 0 Å². The number of carbonyl (C=O) groups excluding carboxylic acids is 3. The SMILES string of the molecule is CNC(=O)NCCCCCSC1=CC(=O)c2[nH]ncc2C1=O. The summed E-state index contributed by atoms with van der Waals surface area (Å²) < 4.78 is 0. The maximum Gasteiger partial charge on any atom is 0.314 e. The zero-order valence-corrected chi connectivity index (χ0v) is 13.1. The molecule has 8 heteroatoms. The smallest absolute Gasteiger partial charge is 0.314 e. The number of amides is 2. The number of nitrogens with zero attached hydrogens (tertiary/aromatic N) is 1. The van der Waals surface area contributed by atoms with Gasteiger partial charge in [-0.3, -0.25) is 14.7 Å². The fourth-order valence-corrected chi connectivity index (χ4v) is 3.02. The molecule has 2 amide bonds.